The van der Waals surface area contributed by atoms with Crippen LogP contribution in [-0.4, -0.2) is 18.0 Å². The lowest BCUT2D eigenvalue weighted by atomic mass is 9.87. The van der Waals surface area contributed by atoms with Crippen molar-refractivity contribution in [3.8, 4) is 0 Å². The van der Waals surface area contributed by atoms with Gasteiger partial charge in [-0.3, -0.25) is 4.90 Å². The lowest BCUT2D eigenvalue weighted by Gasteiger charge is -2.21. The van der Waals surface area contributed by atoms with E-state index in [-0.39, 0.29) is 5.41 Å². The van der Waals surface area contributed by atoms with Gasteiger partial charge in [-0.2, -0.15) is 0 Å². The molecule has 0 saturated heterocycles. The summed E-state index contributed by atoms with van der Waals surface area (Å²) in [7, 11) is 0. The molecule has 1 aromatic rings. The molecular weight excluding hydrogens is 194 g/mol. The molecule has 1 aromatic carbocycles. The largest absolute Gasteiger partial charge is 0.300 e. The summed E-state index contributed by atoms with van der Waals surface area (Å²) in [5.74, 6) is 0. The standard InChI is InChI=1S/C15H25N/c1-6-16(7-2)12-13-8-10-14(11-9-13)15(3,4)5/h8-11H,6-7,12H2,1-5H3. The van der Waals surface area contributed by atoms with Crippen LogP contribution in [0.5, 0.6) is 0 Å². The zero-order valence-electron chi connectivity index (χ0n) is 11.4. The van der Waals surface area contributed by atoms with Gasteiger partial charge in [0.1, 0.15) is 0 Å². The SMILES string of the molecule is CCN(CC)Cc1ccc(C(C)(C)C)cc1. The first-order chi connectivity index (χ1) is 7.47. The van der Waals surface area contributed by atoms with Gasteiger partial charge in [0.25, 0.3) is 0 Å². The molecule has 0 radical (unpaired) electrons. The van der Waals surface area contributed by atoms with Crippen LogP contribution in [0.4, 0.5) is 0 Å². The van der Waals surface area contributed by atoms with E-state index in [1.807, 2.05) is 0 Å². The molecule has 16 heavy (non-hydrogen) atoms. The third kappa shape index (κ3) is 3.64. The van der Waals surface area contributed by atoms with E-state index in [1.54, 1.807) is 0 Å². The van der Waals surface area contributed by atoms with Gasteiger partial charge in [0.15, 0.2) is 0 Å². The Hall–Kier alpha value is -0.820. The smallest absolute Gasteiger partial charge is 0.0233 e. The Labute approximate surface area is 100 Å². The van der Waals surface area contributed by atoms with Crippen molar-refractivity contribution in [3.05, 3.63) is 35.4 Å². The predicted molar refractivity (Wildman–Crippen MR) is 71.8 cm³/mol. The summed E-state index contributed by atoms with van der Waals surface area (Å²) in [6.45, 7) is 14.5. The number of rotatable bonds is 4. The van der Waals surface area contributed by atoms with E-state index in [2.05, 4.69) is 63.8 Å². The molecule has 0 unspecified atom stereocenters. The number of hydrogen-bond donors (Lipinski definition) is 0. The van der Waals surface area contributed by atoms with Crippen LogP contribution in [0.3, 0.4) is 0 Å². The van der Waals surface area contributed by atoms with Crippen molar-refractivity contribution < 1.29 is 0 Å². The monoisotopic (exact) mass is 219 g/mol. The molecular formula is C15H25N. The maximum atomic E-state index is 2.44. The Bertz CT molecular complexity index is 301. The summed E-state index contributed by atoms with van der Waals surface area (Å²) < 4.78 is 0. The maximum Gasteiger partial charge on any atom is 0.0233 e. The molecule has 0 aromatic heterocycles. The Kier molecular flexibility index (Phi) is 4.55. The highest BCUT2D eigenvalue weighted by molar-refractivity contribution is 5.27. The summed E-state index contributed by atoms with van der Waals surface area (Å²) in [5, 5.41) is 0. The van der Waals surface area contributed by atoms with Crippen molar-refractivity contribution >= 4 is 0 Å². The zero-order valence-corrected chi connectivity index (χ0v) is 11.4. The molecule has 0 heterocycles. The van der Waals surface area contributed by atoms with Crippen LogP contribution in [0.15, 0.2) is 24.3 Å². The van der Waals surface area contributed by atoms with Crippen molar-refractivity contribution in [3.63, 3.8) is 0 Å². The van der Waals surface area contributed by atoms with Gasteiger partial charge < -0.3 is 0 Å². The summed E-state index contributed by atoms with van der Waals surface area (Å²) >= 11 is 0. The van der Waals surface area contributed by atoms with Gasteiger partial charge >= 0.3 is 0 Å². The number of benzene rings is 1. The predicted octanol–water partition coefficient (Wildman–Crippen LogP) is 3.83. The topological polar surface area (TPSA) is 3.24 Å². The normalized spacial score (nSPS) is 12.1. The fourth-order valence-corrected chi connectivity index (χ4v) is 1.82. The molecule has 0 N–H and O–H groups in total. The Morgan fingerprint density at radius 1 is 0.938 bits per heavy atom. The fraction of sp³-hybridized carbons (Fsp3) is 0.600. The molecule has 1 nitrogen and oxygen atoms in total. The second-order valence-electron chi connectivity index (χ2n) is 5.41. The van der Waals surface area contributed by atoms with Crippen LogP contribution in [-0.2, 0) is 12.0 Å². The fourth-order valence-electron chi connectivity index (χ4n) is 1.82. The lowest BCUT2D eigenvalue weighted by molar-refractivity contribution is 0.296. The molecule has 0 saturated carbocycles. The highest BCUT2D eigenvalue weighted by Gasteiger charge is 2.12. The van der Waals surface area contributed by atoms with E-state index in [0.29, 0.717) is 0 Å². The van der Waals surface area contributed by atoms with E-state index < -0.39 is 0 Å². The first kappa shape index (κ1) is 13.2. The molecule has 0 bridgehead atoms. The lowest BCUT2D eigenvalue weighted by Crippen LogP contribution is -2.22. The van der Waals surface area contributed by atoms with Crippen LogP contribution < -0.4 is 0 Å². The van der Waals surface area contributed by atoms with Crippen LogP contribution in [0.25, 0.3) is 0 Å². The van der Waals surface area contributed by atoms with Gasteiger partial charge in [0.2, 0.25) is 0 Å². The summed E-state index contributed by atoms with van der Waals surface area (Å²) in [4.78, 5) is 2.44. The number of hydrogen-bond acceptors (Lipinski definition) is 1. The van der Waals surface area contributed by atoms with Crippen LogP contribution >= 0.6 is 0 Å². The minimum atomic E-state index is 0.258. The first-order valence-corrected chi connectivity index (χ1v) is 6.29. The minimum Gasteiger partial charge on any atom is -0.300 e. The Balaban J connectivity index is 2.72. The van der Waals surface area contributed by atoms with Gasteiger partial charge in [-0.1, -0.05) is 58.9 Å². The average Bonchev–Trinajstić information content (AvgIpc) is 2.25. The second-order valence-corrected chi connectivity index (χ2v) is 5.41. The van der Waals surface area contributed by atoms with Crippen molar-refractivity contribution in [1.29, 1.82) is 0 Å². The third-order valence-corrected chi connectivity index (χ3v) is 3.12. The minimum absolute atomic E-state index is 0.258. The molecule has 0 aliphatic rings. The summed E-state index contributed by atoms with van der Waals surface area (Å²) in [6, 6.07) is 9.05. The highest BCUT2D eigenvalue weighted by Crippen LogP contribution is 2.22. The third-order valence-electron chi connectivity index (χ3n) is 3.12. The Morgan fingerprint density at radius 2 is 1.44 bits per heavy atom. The summed E-state index contributed by atoms with van der Waals surface area (Å²) in [5.41, 5.74) is 3.08. The van der Waals surface area contributed by atoms with Crippen LogP contribution in [0.2, 0.25) is 0 Å². The second kappa shape index (κ2) is 5.49. The van der Waals surface area contributed by atoms with Crippen LogP contribution in [0.1, 0.15) is 45.7 Å². The maximum absolute atomic E-state index is 2.44. The molecule has 0 spiro atoms. The molecule has 0 fully saturated rings. The van der Waals surface area contributed by atoms with Crippen molar-refractivity contribution in [2.24, 2.45) is 0 Å². The van der Waals surface area contributed by atoms with Gasteiger partial charge in [0.05, 0.1) is 0 Å². The van der Waals surface area contributed by atoms with Gasteiger partial charge in [-0.05, 0) is 29.6 Å². The molecule has 0 amide bonds. The quantitative estimate of drug-likeness (QED) is 0.744. The zero-order chi connectivity index (χ0) is 12.2. The van der Waals surface area contributed by atoms with Crippen molar-refractivity contribution in [1.82, 2.24) is 4.90 Å². The van der Waals surface area contributed by atoms with Gasteiger partial charge in [0, 0.05) is 6.54 Å². The van der Waals surface area contributed by atoms with E-state index in [0.717, 1.165) is 19.6 Å². The van der Waals surface area contributed by atoms with Gasteiger partial charge in [-0.25, -0.2) is 0 Å². The van der Waals surface area contributed by atoms with Crippen molar-refractivity contribution in [2.75, 3.05) is 13.1 Å². The van der Waals surface area contributed by atoms with E-state index in [9.17, 15) is 0 Å². The van der Waals surface area contributed by atoms with E-state index >= 15 is 0 Å². The molecule has 1 heteroatoms. The average molecular weight is 219 g/mol. The molecule has 0 atom stereocenters. The number of nitrogens with zero attached hydrogens (tertiary/aromatic N) is 1. The molecule has 0 aliphatic carbocycles. The Morgan fingerprint density at radius 3 is 1.81 bits per heavy atom. The van der Waals surface area contributed by atoms with Crippen molar-refractivity contribution in [2.45, 2.75) is 46.6 Å². The molecule has 1 rings (SSSR count). The molecule has 90 valence electrons. The van der Waals surface area contributed by atoms with E-state index in [1.165, 1.54) is 11.1 Å². The first-order valence-electron chi connectivity index (χ1n) is 6.29. The summed E-state index contributed by atoms with van der Waals surface area (Å²) in [6.07, 6.45) is 0. The highest BCUT2D eigenvalue weighted by atomic mass is 15.1. The van der Waals surface area contributed by atoms with Crippen LogP contribution in [0, 0.1) is 0 Å². The molecule has 0 aliphatic heterocycles. The van der Waals surface area contributed by atoms with E-state index in [4.69, 9.17) is 0 Å². The van der Waals surface area contributed by atoms with Gasteiger partial charge in [-0.15, -0.1) is 0 Å².